The van der Waals surface area contributed by atoms with Crippen molar-refractivity contribution in [2.45, 2.75) is 18.4 Å². The maximum absolute atomic E-state index is 11.5. The van der Waals surface area contributed by atoms with Crippen molar-refractivity contribution in [3.05, 3.63) is 48.0 Å². The molecule has 0 bridgehead atoms. The number of hydrogen-bond donors (Lipinski definition) is 1. The molecule has 1 amide bonds. The molecule has 1 saturated heterocycles. The molecule has 1 aliphatic heterocycles. The quantitative estimate of drug-likeness (QED) is 0.876. The molecule has 2 aromatic carbocycles. The van der Waals surface area contributed by atoms with E-state index in [1.165, 1.54) is 17.9 Å². The first-order valence-electron chi connectivity index (χ1n) is 7.18. The molecule has 2 aromatic rings. The SMILES string of the molecule is COC(=O)N1CC[C@@H](c2ccc3ccccc3c2)[C@H](O)C1. The van der Waals surface area contributed by atoms with Crippen LogP contribution < -0.4 is 0 Å². The summed E-state index contributed by atoms with van der Waals surface area (Å²) in [6.45, 7) is 0.936. The first kappa shape index (κ1) is 13.9. The fraction of sp³-hybridized carbons (Fsp3) is 0.353. The molecule has 4 nitrogen and oxygen atoms in total. The number of hydrogen-bond acceptors (Lipinski definition) is 3. The van der Waals surface area contributed by atoms with E-state index >= 15 is 0 Å². The molecule has 0 saturated carbocycles. The average Bonchev–Trinajstić information content (AvgIpc) is 2.53. The van der Waals surface area contributed by atoms with Gasteiger partial charge in [-0.1, -0.05) is 42.5 Å². The van der Waals surface area contributed by atoms with Gasteiger partial charge in [-0.3, -0.25) is 0 Å². The van der Waals surface area contributed by atoms with Gasteiger partial charge < -0.3 is 14.7 Å². The van der Waals surface area contributed by atoms with Gasteiger partial charge in [-0.15, -0.1) is 0 Å². The summed E-state index contributed by atoms with van der Waals surface area (Å²) in [5.74, 6) is 0.0653. The van der Waals surface area contributed by atoms with Gasteiger partial charge in [0.05, 0.1) is 19.8 Å². The zero-order valence-corrected chi connectivity index (χ0v) is 12.0. The molecule has 4 heteroatoms. The summed E-state index contributed by atoms with van der Waals surface area (Å²) in [7, 11) is 1.37. The molecule has 2 atom stereocenters. The van der Waals surface area contributed by atoms with Gasteiger partial charge in [0.2, 0.25) is 0 Å². The van der Waals surface area contributed by atoms with E-state index in [1.54, 1.807) is 4.90 Å². The summed E-state index contributed by atoms with van der Waals surface area (Å²) < 4.78 is 4.71. The number of rotatable bonds is 1. The number of carbonyl (C=O) groups is 1. The number of likely N-dealkylation sites (tertiary alicyclic amines) is 1. The number of piperidine rings is 1. The zero-order valence-electron chi connectivity index (χ0n) is 12.0. The van der Waals surface area contributed by atoms with Crippen LogP contribution in [-0.4, -0.2) is 42.4 Å². The molecule has 1 fully saturated rings. The largest absolute Gasteiger partial charge is 0.453 e. The zero-order chi connectivity index (χ0) is 14.8. The minimum Gasteiger partial charge on any atom is -0.453 e. The average molecular weight is 285 g/mol. The Labute approximate surface area is 123 Å². The van der Waals surface area contributed by atoms with Crippen molar-refractivity contribution in [3.8, 4) is 0 Å². The van der Waals surface area contributed by atoms with Crippen LogP contribution in [0.3, 0.4) is 0 Å². The van der Waals surface area contributed by atoms with Gasteiger partial charge in [-0.25, -0.2) is 4.79 Å². The molecule has 0 aromatic heterocycles. The van der Waals surface area contributed by atoms with E-state index in [-0.39, 0.29) is 12.0 Å². The molecule has 21 heavy (non-hydrogen) atoms. The molecule has 0 unspecified atom stereocenters. The molecule has 0 spiro atoms. The van der Waals surface area contributed by atoms with Crippen LogP contribution in [0, 0.1) is 0 Å². The van der Waals surface area contributed by atoms with Crippen LogP contribution >= 0.6 is 0 Å². The third-order valence-electron chi connectivity index (χ3n) is 4.22. The first-order chi connectivity index (χ1) is 10.2. The van der Waals surface area contributed by atoms with Crippen molar-refractivity contribution in [1.29, 1.82) is 0 Å². The lowest BCUT2D eigenvalue weighted by Gasteiger charge is -2.35. The molecule has 1 heterocycles. The van der Waals surface area contributed by atoms with Crippen LogP contribution in [0.15, 0.2) is 42.5 Å². The van der Waals surface area contributed by atoms with E-state index in [0.29, 0.717) is 13.1 Å². The second-order valence-corrected chi connectivity index (χ2v) is 5.49. The lowest BCUT2D eigenvalue weighted by Crippen LogP contribution is -2.45. The molecule has 0 radical (unpaired) electrons. The van der Waals surface area contributed by atoms with E-state index in [2.05, 4.69) is 30.3 Å². The predicted molar refractivity (Wildman–Crippen MR) is 81.3 cm³/mol. The van der Waals surface area contributed by atoms with Crippen LogP contribution in [0.5, 0.6) is 0 Å². The molecule has 3 rings (SSSR count). The van der Waals surface area contributed by atoms with Gasteiger partial charge in [0.1, 0.15) is 0 Å². The molecular weight excluding hydrogens is 266 g/mol. The van der Waals surface area contributed by atoms with Crippen LogP contribution in [-0.2, 0) is 4.74 Å². The fourth-order valence-electron chi connectivity index (χ4n) is 3.05. The van der Waals surface area contributed by atoms with Gasteiger partial charge in [0, 0.05) is 12.5 Å². The Kier molecular flexibility index (Phi) is 3.80. The van der Waals surface area contributed by atoms with E-state index in [0.717, 1.165) is 12.0 Å². The minimum atomic E-state index is -0.556. The fourth-order valence-corrected chi connectivity index (χ4v) is 3.05. The molecule has 110 valence electrons. The Morgan fingerprint density at radius 1 is 1.24 bits per heavy atom. The highest BCUT2D eigenvalue weighted by Gasteiger charge is 2.31. The Balaban J connectivity index is 1.81. The summed E-state index contributed by atoms with van der Waals surface area (Å²) in [5, 5.41) is 12.7. The van der Waals surface area contributed by atoms with Gasteiger partial charge in [0.15, 0.2) is 0 Å². The highest BCUT2D eigenvalue weighted by molar-refractivity contribution is 5.83. The third-order valence-corrected chi connectivity index (χ3v) is 4.22. The third kappa shape index (κ3) is 2.72. The molecular formula is C17H19NO3. The maximum Gasteiger partial charge on any atom is 0.409 e. The Bertz CT molecular complexity index is 655. The number of aliphatic hydroxyl groups excluding tert-OH is 1. The summed E-state index contributed by atoms with van der Waals surface area (Å²) in [4.78, 5) is 13.1. The van der Waals surface area contributed by atoms with Crippen LogP contribution in [0.1, 0.15) is 17.9 Å². The number of fused-ring (bicyclic) bond motifs is 1. The highest BCUT2D eigenvalue weighted by Crippen LogP contribution is 2.30. The van der Waals surface area contributed by atoms with E-state index in [1.807, 2.05) is 12.1 Å². The lowest BCUT2D eigenvalue weighted by molar-refractivity contribution is 0.0440. The molecule has 1 aliphatic rings. The van der Waals surface area contributed by atoms with Crippen molar-refractivity contribution in [3.63, 3.8) is 0 Å². The van der Waals surface area contributed by atoms with Crippen molar-refractivity contribution in [2.24, 2.45) is 0 Å². The Hall–Kier alpha value is -2.07. The maximum atomic E-state index is 11.5. The molecule has 0 aliphatic carbocycles. The van der Waals surface area contributed by atoms with Crippen LogP contribution in [0.4, 0.5) is 4.79 Å². The van der Waals surface area contributed by atoms with Gasteiger partial charge in [0.25, 0.3) is 0 Å². The summed E-state index contributed by atoms with van der Waals surface area (Å²) in [5.41, 5.74) is 1.13. The number of ether oxygens (including phenoxy) is 1. The van der Waals surface area contributed by atoms with Crippen LogP contribution in [0.25, 0.3) is 10.8 Å². The van der Waals surface area contributed by atoms with Gasteiger partial charge >= 0.3 is 6.09 Å². The predicted octanol–water partition coefficient (Wildman–Crippen LogP) is 2.76. The van der Waals surface area contributed by atoms with Gasteiger partial charge in [-0.05, 0) is 22.8 Å². The van der Waals surface area contributed by atoms with E-state index in [4.69, 9.17) is 4.74 Å². The monoisotopic (exact) mass is 285 g/mol. The van der Waals surface area contributed by atoms with E-state index < -0.39 is 6.10 Å². The normalized spacial score (nSPS) is 22.3. The number of aliphatic hydroxyl groups is 1. The second kappa shape index (κ2) is 5.74. The number of methoxy groups -OCH3 is 1. The van der Waals surface area contributed by atoms with E-state index in [9.17, 15) is 9.90 Å². The van der Waals surface area contributed by atoms with Crippen LogP contribution in [0.2, 0.25) is 0 Å². The highest BCUT2D eigenvalue weighted by atomic mass is 16.5. The Morgan fingerprint density at radius 3 is 2.71 bits per heavy atom. The van der Waals surface area contributed by atoms with Crippen molar-refractivity contribution in [1.82, 2.24) is 4.90 Å². The smallest absolute Gasteiger partial charge is 0.409 e. The summed E-state index contributed by atoms with van der Waals surface area (Å²) in [6, 6.07) is 14.5. The van der Waals surface area contributed by atoms with Crippen molar-refractivity contribution < 1.29 is 14.6 Å². The number of β-amino-alcohol motifs (C(OH)–C–C–N with tert-alkyl or cyclic N) is 1. The minimum absolute atomic E-state index is 0.0653. The standard InChI is InChI=1S/C17H19NO3/c1-21-17(20)18-9-8-15(16(19)11-18)14-7-6-12-4-2-3-5-13(12)10-14/h2-7,10,15-16,19H,8-9,11H2,1H3/t15-,16+/m0/s1. The number of carbonyl (C=O) groups excluding carboxylic acids is 1. The van der Waals surface area contributed by atoms with Gasteiger partial charge in [-0.2, -0.15) is 0 Å². The Morgan fingerprint density at radius 2 is 2.00 bits per heavy atom. The number of nitrogens with zero attached hydrogens (tertiary/aromatic N) is 1. The number of benzene rings is 2. The number of amides is 1. The summed E-state index contributed by atoms with van der Waals surface area (Å²) >= 11 is 0. The first-order valence-corrected chi connectivity index (χ1v) is 7.18. The van der Waals surface area contributed by atoms with Crippen molar-refractivity contribution in [2.75, 3.05) is 20.2 Å². The molecule has 1 N–H and O–H groups in total. The summed E-state index contributed by atoms with van der Waals surface area (Å²) in [6.07, 6.45) is -0.181. The topological polar surface area (TPSA) is 49.8 Å². The lowest BCUT2D eigenvalue weighted by atomic mass is 9.86. The second-order valence-electron chi connectivity index (χ2n) is 5.49. The van der Waals surface area contributed by atoms with Crippen molar-refractivity contribution >= 4 is 16.9 Å².